The maximum Gasteiger partial charge on any atom is 0.453 e. The van der Waals surface area contributed by atoms with Crippen molar-refractivity contribution < 1.29 is 13.2 Å². The van der Waals surface area contributed by atoms with E-state index in [-0.39, 0.29) is 5.82 Å². The number of thioether (sulfide) groups is 1. The minimum atomic E-state index is -4.63. The fourth-order valence-electron chi connectivity index (χ4n) is 2.19. The molecule has 0 unspecified atom stereocenters. The fraction of sp³-hybridized carbons (Fsp3) is 0.125. The Balaban J connectivity index is 2.19. The van der Waals surface area contributed by atoms with Gasteiger partial charge in [-0.2, -0.15) is 13.2 Å². The van der Waals surface area contributed by atoms with E-state index in [1.165, 1.54) is 4.68 Å². The van der Waals surface area contributed by atoms with Crippen LogP contribution in [0, 0.1) is 3.57 Å². The van der Waals surface area contributed by atoms with Crippen LogP contribution < -0.4 is 0 Å². The van der Waals surface area contributed by atoms with E-state index in [1.54, 1.807) is 48.2 Å². The van der Waals surface area contributed by atoms with Crippen molar-refractivity contribution in [2.24, 2.45) is 0 Å². The van der Waals surface area contributed by atoms with Crippen molar-refractivity contribution in [1.82, 2.24) is 14.8 Å². The van der Waals surface area contributed by atoms with E-state index < -0.39 is 12.0 Å². The van der Waals surface area contributed by atoms with Gasteiger partial charge in [0, 0.05) is 19.1 Å². The van der Waals surface area contributed by atoms with Crippen molar-refractivity contribution in [2.75, 3.05) is 6.26 Å². The zero-order valence-corrected chi connectivity index (χ0v) is 16.4. The predicted octanol–water partition coefficient (Wildman–Crippen LogP) is 5.93. The summed E-state index contributed by atoms with van der Waals surface area (Å²) in [6, 6.07) is 11.8. The zero-order chi connectivity index (χ0) is 18.2. The summed E-state index contributed by atoms with van der Waals surface area (Å²) in [5.74, 6) is -1.07. The molecule has 0 aliphatic heterocycles. The van der Waals surface area contributed by atoms with Crippen LogP contribution >= 0.6 is 46.0 Å². The van der Waals surface area contributed by atoms with E-state index in [4.69, 9.17) is 11.6 Å². The first-order chi connectivity index (χ1) is 11.8. The molecule has 3 aromatic rings. The summed E-state index contributed by atoms with van der Waals surface area (Å²) in [4.78, 5) is 4.74. The Morgan fingerprint density at radius 1 is 1.12 bits per heavy atom. The van der Waals surface area contributed by atoms with E-state index in [0.717, 1.165) is 8.47 Å². The predicted molar refractivity (Wildman–Crippen MR) is 101 cm³/mol. The number of hydrogen-bond donors (Lipinski definition) is 0. The van der Waals surface area contributed by atoms with Crippen LogP contribution in [-0.4, -0.2) is 21.0 Å². The van der Waals surface area contributed by atoms with E-state index in [0.29, 0.717) is 16.3 Å². The van der Waals surface area contributed by atoms with Gasteiger partial charge in [-0.3, -0.25) is 0 Å². The second kappa shape index (κ2) is 7.16. The Bertz CT molecular complexity index is 910. The maximum atomic E-state index is 13.1. The molecule has 0 fully saturated rings. The Morgan fingerprint density at radius 3 is 2.36 bits per heavy atom. The lowest BCUT2D eigenvalue weighted by Gasteiger charge is -2.08. The van der Waals surface area contributed by atoms with Gasteiger partial charge in [0.15, 0.2) is 5.82 Å². The second-order valence-corrected chi connectivity index (χ2v) is 7.44. The van der Waals surface area contributed by atoms with Gasteiger partial charge in [-0.25, -0.2) is 9.67 Å². The van der Waals surface area contributed by atoms with E-state index in [1.807, 2.05) is 12.3 Å². The van der Waals surface area contributed by atoms with Crippen molar-refractivity contribution in [1.29, 1.82) is 0 Å². The summed E-state index contributed by atoms with van der Waals surface area (Å²) < 4.78 is 41.5. The average Bonchev–Trinajstić information content (AvgIpc) is 3.01. The van der Waals surface area contributed by atoms with Gasteiger partial charge >= 0.3 is 6.18 Å². The molecule has 0 saturated carbocycles. The van der Waals surface area contributed by atoms with Gasteiger partial charge in [0.2, 0.25) is 0 Å². The molecule has 3 rings (SSSR count). The lowest BCUT2D eigenvalue weighted by atomic mass is 10.2. The molecule has 3 nitrogen and oxygen atoms in total. The largest absolute Gasteiger partial charge is 0.453 e. The fourth-order valence-corrected chi connectivity index (χ4v) is 3.93. The molecule has 25 heavy (non-hydrogen) atoms. The Kier molecular flexibility index (Phi) is 5.31. The molecular weight excluding hydrogens is 486 g/mol. The molecule has 0 aliphatic rings. The molecule has 0 bridgehead atoms. The highest BCUT2D eigenvalue weighted by Gasteiger charge is 2.37. The quantitative estimate of drug-likeness (QED) is 0.333. The van der Waals surface area contributed by atoms with Crippen LogP contribution in [0.1, 0.15) is 5.82 Å². The molecule has 130 valence electrons. The van der Waals surface area contributed by atoms with Crippen LogP contribution in [0.3, 0.4) is 0 Å². The van der Waals surface area contributed by atoms with Gasteiger partial charge in [-0.05, 0) is 71.3 Å². The van der Waals surface area contributed by atoms with Crippen molar-refractivity contribution in [3.8, 4) is 17.1 Å². The van der Waals surface area contributed by atoms with Gasteiger partial charge in [0.1, 0.15) is 0 Å². The van der Waals surface area contributed by atoms with Crippen molar-refractivity contribution >= 4 is 46.0 Å². The highest BCUT2D eigenvalue weighted by molar-refractivity contribution is 14.1. The molecule has 0 saturated heterocycles. The van der Waals surface area contributed by atoms with Gasteiger partial charge in [-0.15, -0.1) is 16.9 Å². The molecule has 0 amide bonds. The normalized spacial score (nSPS) is 11.8. The van der Waals surface area contributed by atoms with Crippen molar-refractivity contribution in [3.05, 3.63) is 56.9 Å². The SMILES string of the molecule is CSc1ccc(-n2nc(C(F)(F)F)nc2-c2ccc(Cl)cc2)cc1I. The number of halogens is 5. The summed E-state index contributed by atoms with van der Waals surface area (Å²) in [6.45, 7) is 0. The number of rotatable bonds is 3. The van der Waals surface area contributed by atoms with Crippen LogP contribution in [-0.2, 0) is 6.18 Å². The third kappa shape index (κ3) is 3.95. The second-order valence-electron chi connectivity index (χ2n) is 4.99. The maximum absolute atomic E-state index is 13.1. The number of nitrogens with zero attached hydrogens (tertiary/aromatic N) is 3. The Labute approximate surface area is 164 Å². The lowest BCUT2D eigenvalue weighted by molar-refractivity contribution is -0.144. The molecule has 1 heterocycles. The molecule has 0 atom stereocenters. The molecule has 1 aromatic heterocycles. The smallest absolute Gasteiger partial charge is 0.213 e. The molecular formula is C16H10ClF3IN3S. The zero-order valence-electron chi connectivity index (χ0n) is 12.7. The van der Waals surface area contributed by atoms with Crippen LogP contribution in [0.15, 0.2) is 47.4 Å². The summed E-state index contributed by atoms with van der Waals surface area (Å²) in [5, 5.41) is 4.18. The Morgan fingerprint density at radius 2 is 1.80 bits per heavy atom. The summed E-state index contributed by atoms with van der Waals surface area (Å²) in [7, 11) is 0. The number of alkyl halides is 3. The third-order valence-electron chi connectivity index (χ3n) is 3.34. The first kappa shape index (κ1) is 18.5. The third-order valence-corrected chi connectivity index (χ3v) is 5.65. The molecule has 9 heteroatoms. The topological polar surface area (TPSA) is 30.7 Å². The highest BCUT2D eigenvalue weighted by Crippen LogP contribution is 2.32. The monoisotopic (exact) mass is 495 g/mol. The number of benzene rings is 2. The molecule has 0 aliphatic carbocycles. The summed E-state index contributed by atoms with van der Waals surface area (Å²) in [5.41, 5.74) is 1.01. The molecule has 0 radical (unpaired) electrons. The van der Waals surface area contributed by atoms with E-state index in [9.17, 15) is 13.2 Å². The highest BCUT2D eigenvalue weighted by atomic mass is 127. The Hall–Kier alpha value is -1.26. The van der Waals surface area contributed by atoms with Gasteiger partial charge in [0.25, 0.3) is 5.82 Å². The van der Waals surface area contributed by atoms with Crippen LogP contribution in [0.5, 0.6) is 0 Å². The van der Waals surface area contributed by atoms with E-state index >= 15 is 0 Å². The minimum absolute atomic E-state index is 0.108. The molecule has 0 spiro atoms. The lowest BCUT2D eigenvalue weighted by Crippen LogP contribution is -2.08. The first-order valence-electron chi connectivity index (χ1n) is 6.93. The molecule has 2 aromatic carbocycles. The molecule has 0 N–H and O–H groups in total. The minimum Gasteiger partial charge on any atom is -0.213 e. The average molecular weight is 496 g/mol. The number of aromatic nitrogens is 3. The van der Waals surface area contributed by atoms with Gasteiger partial charge < -0.3 is 0 Å². The summed E-state index contributed by atoms with van der Waals surface area (Å²) in [6.07, 6.45) is -2.69. The van der Waals surface area contributed by atoms with Crippen LogP contribution in [0.25, 0.3) is 17.1 Å². The first-order valence-corrected chi connectivity index (χ1v) is 9.62. The number of hydrogen-bond acceptors (Lipinski definition) is 3. The van der Waals surface area contributed by atoms with E-state index in [2.05, 4.69) is 32.7 Å². The van der Waals surface area contributed by atoms with Crippen LogP contribution in [0.2, 0.25) is 5.02 Å². The summed E-state index contributed by atoms with van der Waals surface area (Å²) >= 11 is 9.57. The standard InChI is InChI=1S/C16H10ClF3IN3S/c1-25-13-7-6-11(8-12(13)21)24-14(9-2-4-10(17)5-3-9)22-15(23-24)16(18,19)20/h2-8H,1H3. The van der Waals surface area contributed by atoms with Crippen LogP contribution in [0.4, 0.5) is 13.2 Å². The van der Waals surface area contributed by atoms with Gasteiger partial charge in [0.05, 0.1) is 5.69 Å². The van der Waals surface area contributed by atoms with Crippen molar-refractivity contribution in [3.63, 3.8) is 0 Å². The van der Waals surface area contributed by atoms with Crippen molar-refractivity contribution in [2.45, 2.75) is 11.1 Å². The van der Waals surface area contributed by atoms with Gasteiger partial charge in [-0.1, -0.05) is 11.6 Å².